The Labute approximate surface area is 108 Å². The molecule has 1 fully saturated rings. The lowest BCUT2D eigenvalue weighted by molar-refractivity contribution is 0.209. The highest BCUT2D eigenvalue weighted by Gasteiger charge is 2.20. The SMILES string of the molecule is CC(C)N1CCN(c2ccc(F)cc2CO)CC1. The molecule has 0 atom stereocenters. The summed E-state index contributed by atoms with van der Waals surface area (Å²) in [4.78, 5) is 4.66. The molecule has 0 radical (unpaired) electrons. The third-order valence-corrected chi connectivity index (χ3v) is 3.60. The first-order valence-electron chi connectivity index (χ1n) is 6.50. The van der Waals surface area contributed by atoms with E-state index >= 15 is 0 Å². The van der Waals surface area contributed by atoms with E-state index in [4.69, 9.17) is 0 Å². The molecule has 1 aromatic carbocycles. The highest BCUT2D eigenvalue weighted by molar-refractivity contribution is 5.54. The van der Waals surface area contributed by atoms with Crippen LogP contribution in [-0.4, -0.2) is 42.2 Å². The van der Waals surface area contributed by atoms with Crippen LogP contribution < -0.4 is 4.90 Å². The van der Waals surface area contributed by atoms with Crippen molar-refractivity contribution in [2.75, 3.05) is 31.1 Å². The second kappa shape index (κ2) is 5.67. The number of halogens is 1. The number of aliphatic hydroxyl groups excluding tert-OH is 1. The molecule has 0 spiro atoms. The predicted octanol–water partition coefficient (Wildman–Crippen LogP) is 1.85. The first-order chi connectivity index (χ1) is 8.61. The lowest BCUT2D eigenvalue weighted by Gasteiger charge is -2.38. The molecule has 3 nitrogen and oxygen atoms in total. The number of rotatable bonds is 3. The maximum atomic E-state index is 13.1. The molecule has 1 aliphatic heterocycles. The molecule has 1 aromatic rings. The maximum Gasteiger partial charge on any atom is 0.123 e. The van der Waals surface area contributed by atoms with Crippen LogP contribution in [0, 0.1) is 5.82 Å². The van der Waals surface area contributed by atoms with Crippen molar-refractivity contribution in [2.45, 2.75) is 26.5 Å². The number of piperazine rings is 1. The third kappa shape index (κ3) is 2.82. The molecule has 100 valence electrons. The highest BCUT2D eigenvalue weighted by atomic mass is 19.1. The monoisotopic (exact) mass is 252 g/mol. The number of anilines is 1. The van der Waals surface area contributed by atoms with E-state index in [0.29, 0.717) is 11.6 Å². The Kier molecular flexibility index (Phi) is 4.19. The summed E-state index contributed by atoms with van der Waals surface area (Å²) in [7, 11) is 0. The minimum Gasteiger partial charge on any atom is -0.392 e. The van der Waals surface area contributed by atoms with Crippen molar-refractivity contribution in [3.63, 3.8) is 0 Å². The van der Waals surface area contributed by atoms with E-state index in [9.17, 15) is 9.50 Å². The molecular formula is C14H21FN2O. The van der Waals surface area contributed by atoms with E-state index < -0.39 is 0 Å². The molecule has 1 saturated heterocycles. The summed E-state index contributed by atoms with van der Waals surface area (Å²) in [5.74, 6) is -0.288. The van der Waals surface area contributed by atoms with Crippen LogP contribution in [0.25, 0.3) is 0 Å². The molecule has 0 bridgehead atoms. The van der Waals surface area contributed by atoms with E-state index in [1.807, 2.05) is 0 Å². The molecule has 0 amide bonds. The van der Waals surface area contributed by atoms with Crippen molar-refractivity contribution in [1.82, 2.24) is 4.90 Å². The Bertz CT molecular complexity index is 401. The number of hydrogen-bond acceptors (Lipinski definition) is 3. The van der Waals surface area contributed by atoms with E-state index in [1.165, 1.54) is 12.1 Å². The second-order valence-corrected chi connectivity index (χ2v) is 5.05. The standard InChI is InChI=1S/C14H21FN2O/c1-11(2)16-5-7-17(8-6-16)14-4-3-13(15)9-12(14)10-18/h3-4,9,11,18H,5-8,10H2,1-2H3. The van der Waals surface area contributed by atoms with Crippen molar-refractivity contribution < 1.29 is 9.50 Å². The van der Waals surface area contributed by atoms with Crippen molar-refractivity contribution in [3.8, 4) is 0 Å². The highest BCUT2D eigenvalue weighted by Crippen LogP contribution is 2.23. The number of hydrogen-bond donors (Lipinski definition) is 1. The van der Waals surface area contributed by atoms with E-state index in [1.54, 1.807) is 6.07 Å². The topological polar surface area (TPSA) is 26.7 Å². The van der Waals surface area contributed by atoms with Gasteiger partial charge in [-0.3, -0.25) is 4.90 Å². The zero-order chi connectivity index (χ0) is 13.1. The molecule has 0 aliphatic carbocycles. The molecule has 4 heteroatoms. The summed E-state index contributed by atoms with van der Waals surface area (Å²) >= 11 is 0. The fraction of sp³-hybridized carbons (Fsp3) is 0.571. The minimum absolute atomic E-state index is 0.114. The lowest BCUT2D eigenvalue weighted by atomic mass is 10.1. The van der Waals surface area contributed by atoms with Gasteiger partial charge in [-0.25, -0.2) is 4.39 Å². The fourth-order valence-corrected chi connectivity index (χ4v) is 2.47. The first kappa shape index (κ1) is 13.3. The molecule has 18 heavy (non-hydrogen) atoms. The number of nitrogens with zero attached hydrogens (tertiary/aromatic N) is 2. The van der Waals surface area contributed by atoms with Crippen molar-refractivity contribution in [3.05, 3.63) is 29.6 Å². The Balaban J connectivity index is 2.09. The van der Waals surface area contributed by atoms with Gasteiger partial charge in [-0.2, -0.15) is 0 Å². The second-order valence-electron chi connectivity index (χ2n) is 5.05. The van der Waals surface area contributed by atoms with Gasteiger partial charge in [0.1, 0.15) is 5.82 Å². The zero-order valence-electron chi connectivity index (χ0n) is 11.1. The average Bonchev–Trinajstić information content (AvgIpc) is 2.38. The van der Waals surface area contributed by atoms with Crippen LogP contribution in [0.3, 0.4) is 0 Å². The van der Waals surface area contributed by atoms with Gasteiger partial charge in [0.15, 0.2) is 0 Å². The van der Waals surface area contributed by atoms with Crippen molar-refractivity contribution >= 4 is 5.69 Å². The number of aliphatic hydroxyl groups is 1. The van der Waals surface area contributed by atoms with Crippen LogP contribution in [0.4, 0.5) is 10.1 Å². The average molecular weight is 252 g/mol. The Morgan fingerprint density at radius 2 is 1.89 bits per heavy atom. The van der Waals surface area contributed by atoms with Crippen molar-refractivity contribution in [1.29, 1.82) is 0 Å². The van der Waals surface area contributed by atoms with Crippen LogP contribution in [0.5, 0.6) is 0 Å². The molecule has 2 rings (SSSR count). The molecule has 0 aromatic heterocycles. The lowest BCUT2D eigenvalue weighted by Crippen LogP contribution is -2.49. The first-order valence-corrected chi connectivity index (χ1v) is 6.50. The number of benzene rings is 1. The van der Waals surface area contributed by atoms with Crippen LogP contribution in [0.15, 0.2) is 18.2 Å². The van der Waals surface area contributed by atoms with E-state index in [0.717, 1.165) is 31.9 Å². The smallest absolute Gasteiger partial charge is 0.123 e. The zero-order valence-corrected chi connectivity index (χ0v) is 11.1. The Hall–Kier alpha value is -1.13. The summed E-state index contributed by atoms with van der Waals surface area (Å²) in [5.41, 5.74) is 1.63. The van der Waals surface area contributed by atoms with Crippen molar-refractivity contribution in [2.24, 2.45) is 0 Å². The van der Waals surface area contributed by atoms with Crippen LogP contribution in [-0.2, 0) is 6.61 Å². The van der Waals surface area contributed by atoms with Gasteiger partial charge < -0.3 is 10.0 Å². The van der Waals surface area contributed by atoms with Gasteiger partial charge >= 0.3 is 0 Å². The molecular weight excluding hydrogens is 231 g/mol. The third-order valence-electron chi connectivity index (χ3n) is 3.60. The van der Waals surface area contributed by atoms with Gasteiger partial charge in [-0.05, 0) is 32.0 Å². The minimum atomic E-state index is -0.288. The summed E-state index contributed by atoms with van der Waals surface area (Å²) in [5, 5.41) is 9.31. The maximum absolute atomic E-state index is 13.1. The van der Waals surface area contributed by atoms with E-state index in [-0.39, 0.29) is 12.4 Å². The van der Waals surface area contributed by atoms with Crippen LogP contribution in [0.1, 0.15) is 19.4 Å². The quantitative estimate of drug-likeness (QED) is 0.889. The van der Waals surface area contributed by atoms with Gasteiger partial charge in [-0.15, -0.1) is 0 Å². The molecule has 1 aliphatic rings. The Morgan fingerprint density at radius 1 is 1.22 bits per heavy atom. The molecule has 1 heterocycles. The molecule has 1 N–H and O–H groups in total. The fourth-order valence-electron chi connectivity index (χ4n) is 2.47. The van der Waals surface area contributed by atoms with Gasteiger partial charge in [-0.1, -0.05) is 0 Å². The van der Waals surface area contributed by atoms with Gasteiger partial charge in [0.2, 0.25) is 0 Å². The summed E-state index contributed by atoms with van der Waals surface area (Å²) in [6, 6.07) is 5.22. The summed E-state index contributed by atoms with van der Waals surface area (Å²) < 4.78 is 13.1. The largest absolute Gasteiger partial charge is 0.392 e. The van der Waals surface area contributed by atoms with Crippen LogP contribution in [0.2, 0.25) is 0 Å². The van der Waals surface area contributed by atoms with Gasteiger partial charge in [0, 0.05) is 43.5 Å². The molecule has 0 saturated carbocycles. The van der Waals surface area contributed by atoms with E-state index in [2.05, 4.69) is 23.6 Å². The Morgan fingerprint density at radius 3 is 2.44 bits per heavy atom. The normalized spacial score (nSPS) is 17.5. The summed E-state index contributed by atoms with van der Waals surface area (Å²) in [6.07, 6.45) is 0. The molecule has 0 unspecified atom stereocenters. The van der Waals surface area contributed by atoms with Gasteiger partial charge in [0.25, 0.3) is 0 Å². The summed E-state index contributed by atoms with van der Waals surface area (Å²) in [6.45, 7) is 8.17. The predicted molar refractivity (Wildman–Crippen MR) is 71.2 cm³/mol. The van der Waals surface area contributed by atoms with Crippen LogP contribution >= 0.6 is 0 Å². The van der Waals surface area contributed by atoms with Gasteiger partial charge in [0.05, 0.1) is 6.61 Å².